The fraction of sp³-hybridized carbons (Fsp3) is 0.0952. The van der Waals surface area contributed by atoms with Crippen LogP contribution in [0.25, 0.3) is 11.6 Å². The number of aryl methyl sites for hydroxylation is 2. The number of rotatable bonds is 1. The fourth-order valence-corrected chi connectivity index (χ4v) is 3.83. The van der Waals surface area contributed by atoms with Gasteiger partial charge in [0.05, 0.1) is 5.69 Å². The minimum absolute atomic E-state index is 0.787. The van der Waals surface area contributed by atoms with Crippen LogP contribution in [0.4, 0.5) is 0 Å². The van der Waals surface area contributed by atoms with Crippen LogP contribution in [0.2, 0.25) is 5.02 Å². The van der Waals surface area contributed by atoms with Gasteiger partial charge in [0, 0.05) is 21.3 Å². The highest BCUT2D eigenvalue weighted by molar-refractivity contribution is 9.10. The van der Waals surface area contributed by atoms with Crippen molar-refractivity contribution in [2.24, 2.45) is 0 Å². The van der Waals surface area contributed by atoms with Crippen molar-refractivity contribution in [1.29, 1.82) is 0 Å². The number of aromatic nitrogens is 1. The molecule has 0 unspecified atom stereocenters. The van der Waals surface area contributed by atoms with Gasteiger partial charge in [-0.3, -0.25) is 4.98 Å². The number of nitrogens with zero attached hydrogens (tertiary/aromatic N) is 1. The minimum atomic E-state index is 0.787. The van der Waals surface area contributed by atoms with Crippen molar-refractivity contribution in [3.8, 4) is 0 Å². The molecule has 0 saturated heterocycles. The molecule has 0 spiro atoms. The average Bonchev–Trinajstić information content (AvgIpc) is 2.73. The predicted octanol–water partition coefficient (Wildman–Crippen LogP) is 6.19. The lowest BCUT2D eigenvalue weighted by Crippen LogP contribution is -1.95. The van der Waals surface area contributed by atoms with Crippen molar-refractivity contribution in [2.45, 2.75) is 12.8 Å². The lowest BCUT2D eigenvalue weighted by molar-refractivity contribution is 0.955. The van der Waals surface area contributed by atoms with Gasteiger partial charge in [0.15, 0.2) is 0 Å². The Bertz CT molecular complexity index is 946. The van der Waals surface area contributed by atoms with Gasteiger partial charge in [-0.1, -0.05) is 51.8 Å². The summed E-state index contributed by atoms with van der Waals surface area (Å²) >= 11 is 9.78. The molecule has 0 fully saturated rings. The van der Waals surface area contributed by atoms with Gasteiger partial charge < -0.3 is 0 Å². The van der Waals surface area contributed by atoms with Crippen LogP contribution in [0.15, 0.2) is 65.3 Å². The van der Waals surface area contributed by atoms with Crippen molar-refractivity contribution in [3.05, 3.63) is 98.2 Å². The monoisotopic (exact) mass is 395 g/mol. The van der Waals surface area contributed by atoms with E-state index in [9.17, 15) is 0 Å². The molecule has 24 heavy (non-hydrogen) atoms. The molecule has 0 saturated carbocycles. The zero-order valence-electron chi connectivity index (χ0n) is 13.0. The molecule has 1 aliphatic rings. The Balaban J connectivity index is 1.97. The maximum Gasteiger partial charge on any atom is 0.0740 e. The second-order valence-electron chi connectivity index (χ2n) is 5.93. The summed E-state index contributed by atoms with van der Waals surface area (Å²) in [6, 6.07) is 18.7. The first-order valence-corrected chi connectivity index (χ1v) is 9.08. The summed E-state index contributed by atoms with van der Waals surface area (Å²) in [6.45, 7) is 0. The number of pyridine rings is 1. The van der Waals surface area contributed by atoms with Crippen molar-refractivity contribution < 1.29 is 0 Å². The molecule has 0 radical (unpaired) electrons. The standard InChI is InChI=1S/C21H15BrClN/c22-17-5-1-3-14(11-17)12-20-19-9-8-18(23)13-16(19)7-6-15-4-2-10-24-21(15)20/h1-5,8-13H,6-7H2. The molecule has 1 heterocycles. The molecule has 0 bridgehead atoms. The molecule has 3 heteroatoms. The van der Waals surface area contributed by atoms with Gasteiger partial charge in [-0.15, -0.1) is 0 Å². The number of halogens is 2. The van der Waals surface area contributed by atoms with E-state index in [1.807, 2.05) is 24.4 Å². The van der Waals surface area contributed by atoms with Crippen LogP contribution in [0, 0.1) is 0 Å². The normalized spacial score (nSPS) is 14.8. The highest BCUT2D eigenvalue weighted by Crippen LogP contribution is 2.35. The van der Waals surface area contributed by atoms with Crippen molar-refractivity contribution in [1.82, 2.24) is 4.98 Å². The zero-order chi connectivity index (χ0) is 16.5. The van der Waals surface area contributed by atoms with Crippen LogP contribution in [0.1, 0.15) is 27.9 Å². The molecule has 0 N–H and O–H groups in total. The summed E-state index contributed by atoms with van der Waals surface area (Å²) in [6.07, 6.45) is 6.04. The third-order valence-electron chi connectivity index (χ3n) is 4.33. The number of hydrogen-bond donors (Lipinski definition) is 0. The van der Waals surface area contributed by atoms with Gasteiger partial charge in [-0.25, -0.2) is 0 Å². The summed E-state index contributed by atoms with van der Waals surface area (Å²) in [7, 11) is 0. The van der Waals surface area contributed by atoms with E-state index in [-0.39, 0.29) is 0 Å². The Hall–Kier alpha value is -1.90. The molecule has 0 aliphatic heterocycles. The Morgan fingerprint density at radius 3 is 2.71 bits per heavy atom. The summed E-state index contributed by atoms with van der Waals surface area (Å²) in [5.41, 5.74) is 7.16. The van der Waals surface area contributed by atoms with E-state index in [0.29, 0.717) is 0 Å². The quantitative estimate of drug-likeness (QED) is 0.478. The molecule has 1 aliphatic carbocycles. The van der Waals surface area contributed by atoms with Crippen LogP contribution in [-0.4, -0.2) is 4.98 Å². The van der Waals surface area contributed by atoms with E-state index < -0.39 is 0 Å². The Labute approximate surface area is 155 Å². The average molecular weight is 397 g/mol. The van der Waals surface area contributed by atoms with Gasteiger partial charge in [0.2, 0.25) is 0 Å². The molecule has 0 amide bonds. The Kier molecular flexibility index (Phi) is 4.26. The maximum atomic E-state index is 6.23. The second-order valence-corrected chi connectivity index (χ2v) is 7.28. The lowest BCUT2D eigenvalue weighted by Gasteiger charge is -2.11. The molecular formula is C21H15BrClN. The summed E-state index contributed by atoms with van der Waals surface area (Å²) in [5, 5.41) is 0.787. The van der Waals surface area contributed by atoms with Gasteiger partial charge in [0.1, 0.15) is 0 Å². The molecule has 2 aromatic carbocycles. The van der Waals surface area contributed by atoms with E-state index in [1.165, 1.54) is 16.7 Å². The van der Waals surface area contributed by atoms with Gasteiger partial charge in [-0.2, -0.15) is 0 Å². The summed E-state index contributed by atoms with van der Waals surface area (Å²) < 4.78 is 1.07. The fourth-order valence-electron chi connectivity index (χ4n) is 3.22. The van der Waals surface area contributed by atoms with Crippen LogP contribution >= 0.6 is 27.5 Å². The zero-order valence-corrected chi connectivity index (χ0v) is 15.3. The van der Waals surface area contributed by atoms with Crippen LogP contribution in [0.3, 0.4) is 0 Å². The third kappa shape index (κ3) is 3.04. The topological polar surface area (TPSA) is 12.9 Å². The van der Waals surface area contributed by atoms with Gasteiger partial charge in [-0.05, 0) is 71.5 Å². The van der Waals surface area contributed by atoms with Crippen molar-refractivity contribution in [2.75, 3.05) is 0 Å². The third-order valence-corrected chi connectivity index (χ3v) is 5.06. The molecule has 118 valence electrons. The van der Waals surface area contributed by atoms with E-state index in [0.717, 1.165) is 39.2 Å². The van der Waals surface area contributed by atoms with E-state index in [1.54, 1.807) is 0 Å². The largest absolute Gasteiger partial charge is 0.256 e. The molecule has 1 aromatic heterocycles. The maximum absolute atomic E-state index is 6.23. The lowest BCUT2D eigenvalue weighted by atomic mass is 9.95. The number of fused-ring (bicyclic) bond motifs is 2. The van der Waals surface area contributed by atoms with Crippen LogP contribution in [0.5, 0.6) is 0 Å². The summed E-state index contributed by atoms with van der Waals surface area (Å²) in [5.74, 6) is 0. The SMILES string of the molecule is Clc1ccc2c(c1)CCc1cccnc1C2=Cc1cccc(Br)c1. The first-order chi connectivity index (χ1) is 11.7. The smallest absolute Gasteiger partial charge is 0.0740 e. The first kappa shape index (κ1) is 15.6. The van der Waals surface area contributed by atoms with Crippen LogP contribution < -0.4 is 0 Å². The van der Waals surface area contributed by atoms with Gasteiger partial charge >= 0.3 is 0 Å². The number of hydrogen-bond acceptors (Lipinski definition) is 1. The predicted molar refractivity (Wildman–Crippen MR) is 104 cm³/mol. The minimum Gasteiger partial charge on any atom is -0.256 e. The van der Waals surface area contributed by atoms with Gasteiger partial charge in [0.25, 0.3) is 0 Å². The molecular weight excluding hydrogens is 382 g/mol. The summed E-state index contributed by atoms with van der Waals surface area (Å²) in [4.78, 5) is 4.69. The molecule has 4 rings (SSSR count). The second kappa shape index (κ2) is 6.54. The van der Waals surface area contributed by atoms with E-state index in [4.69, 9.17) is 11.6 Å². The highest BCUT2D eigenvalue weighted by atomic mass is 79.9. The van der Waals surface area contributed by atoms with Crippen LogP contribution in [-0.2, 0) is 12.8 Å². The Morgan fingerprint density at radius 1 is 0.958 bits per heavy atom. The first-order valence-electron chi connectivity index (χ1n) is 7.91. The molecule has 3 aromatic rings. The highest BCUT2D eigenvalue weighted by Gasteiger charge is 2.19. The van der Waals surface area contributed by atoms with Crippen molar-refractivity contribution in [3.63, 3.8) is 0 Å². The Morgan fingerprint density at radius 2 is 1.83 bits per heavy atom. The van der Waals surface area contributed by atoms with E-state index >= 15 is 0 Å². The number of benzene rings is 2. The molecule has 0 atom stereocenters. The van der Waals surface area contributed by atoms with Crippen molar-refractivity contribution >= 4 is 39.2 Å². The van der Waals surface area contributed by atoms with E-state index in [2.05, 4.69) is 63.4 Å². The molecule has 1 nitrogen and oxygen atoms in total.